The summed E-state index contributed by atoms with van der Waals surface area (Å²) in [6.07, 6.45) is 11.4. The molecule has 5 nitrogen and oxygen atoms in total. The normalized spacial score (nSPS) is 13.8. The molecule has 6 heteroatoms. The average molecular weight is 371 g/mol. The summed E-state index contributed by atoms with van der Waals surface area (Å²) in [4.78, 5) is 20.8. The van der Waals surface area contributed by atoms with Crippen molar-refractivity contribution in [2.75, 3.05) is 17.2 Å². The number of carbonyl (C=O) groups is 1. The van der Waals surface area contributed by atoms with Gasteiger partial charge in [0.25, 0.3) is 5.91 Å². The van der Waals surface area contributed by atoms with E-state index < -0.39 is 0 Å². The summed E-state index contributed by atoms with van der Waals surface area (Å²) in [5.74, 6) is 0.283. The van der Waals surface area contributed by atoms with Crippen molar-refractivity contribution in [2.24, 2.45) is 0 Å². The zero-order chi connectivity index (χ0) is 18.4. The molecule has 1 amide bonds. The molecule has 1 aliphatic rings. The van der Waals surface area contributed by atoms with Crippen molar-refractivity contribution in [3.8, 4) is 0 Å². The van der Waals surface area contributed by atoms with E-state index in [1.54, 1.807) is 12.1 Å². The maximum atomic E-state index is 12.3. The minimum absolute atomic E-state index is 0.255. The molecule has 0 bridgehead atoms. The number of rotatable bonds is 6. The Balaban J connectivity index is 1.54. The van der Waals surface area contributed by atoms with E-state index in [9.17, 15) is 4.79 Å². The van der Waals surface area contributed by atoms with E-state index in [2.05, 4.69) is 26.7 Å². The standard InChI is InChI=1S/C20H23ClN4O/c1-14-17(21)8-5-9-18(14)25-19(26)16-12-23-20(24-13-16)22-11-10-15-6-3-2-4-7-15/h5-6,8-9,12-13H,2-4,7,10-11H2,1H3,(H,25,26)(H,22,23,24). The second kappa shape index (κ2) is 8.81. The lowest BCUT2D eigenvalue weighted by Crippen LogP contribution is -2.14. The lowest BCUT2D eigenvalue weighted by molar-refractivity contribution is 0.102. The average Bonchev–Trinajstić information content (AvgIpc) is 2.67. The number of amides is 1. The SMILES string of the molecule is Cc1c(Cl)cccc1NC(=O)c1cnc(NCCC2=CCCCC2)nc1. The molecule has 0 atom stereocenters. The van der Waals surface area contributed by atoms with E-state index in [1.807, 2.05) is 13.0 Å². The summed E-state index contributed by atoms with van der Waals surface area (Å²) in [5, 5.41) is 6.67. The number of carbonyl (C=O) groups excluding carboxylic acids is 1. The molecule has 136 valence electrons. The molecule has 26 heavy (non-hydrogen) atoms. The van der Waals surface area contributed by atoms with Gasteiger partial charge in [-0.05, 0) is 56.7 Å². The third kappa shape index (κ3) is 4.82. The monoisotopic (exact) mass is 370 g/mol. The number of nitrogens with zero attached hydrogens (tertiary/aromatic N) is 2. The molecule has 2 aromatic rings. The van der Waals surface area contributed by atoms with Crippen LogP contribution in [0.4, 0.5) is 11.6 Å². The molecule has 1 aromatic heterocycles. The Labute approximate surface area is 158 Å². The number of aromatic nitrogens is 2. The van der Waals surface area contributed by atoms with Crippen molar-refractivity contribution in [3.05, 3.63) is 58.4 Å². The molecule has 3 rings (SSSR count). The van der Waals surface area contributed by atoms with Gasteiger partial charge in [0, 0.05) is 29.6 Å². The molecular formula is C20H23ClN4O. The first kappa shape index (κ1) is 18.4. The van der Waals surface area contributed by atoms with E-state index >= 15 is 0 Å². The van der Waals surface area contributed by atoms with Crippen LogP contribution in [0.5, 0.6) is 0 Å². The highest BCUT2D eigenvalue weighted by Gasteiger charge is 2.10. The van der Waals surface area contributed by atoms with Crippen molar-refractivity contribution >= 4 is 29.1 Å². The Morgan fingerprint density at radius 2 is 2.04 bits per heavy atom. The van der Waals surface area contributed by atoms with Gasteiger partial charge >= 0.3 is 0 Å². The number of nitrogens with one attached hydrogen (secondary N) is 2. The summed E-state index contributed by atoms with van der Waals surface area (Å²) in [7, 11) is 0. The van der Waals surface area contributed by atoms with Crippen LogP contribution in [0.15, 0.2) is 42.2 Å². The predicted molar refractivity (Wildman–Crippen MR) is 106 cm³/mol. The second-order valence-corrected chi connectivity index (χ2v) is 6.85. The zero-order valence-corrected chi connectivity index (χ0v) is 15.6. The van der Waals surface area contributed by atoms with Crippen molar-refractivity contribution in [1.82, 2.24) is 9.97 Å². The highest BCUT2D eigenvalue weighted by atomic mass is 35.5. The first-order valence-corrected chi connectivity index (χ1v) is 9.31. The number of anilines is 2. The first-order valence-electron chi connectivity index (χ1n) is 8.94. The van der Waals surface area contributed by atoms with Gasteiger partial charge in [-0.25, -0.2) is 9.97 Å². The molecule has 0 fully saturated rings. The third-order valence-corrected chi connectivity index (χ3v) is 4.95. The van der Waals surface area contributed by atoms with E-state index in [-0.39, 0.29) is 5.91 Å². The molecule has 0 aliphatic heterocycles. The van der Waals surface area contributed by atoms with Crippen LogP contribution < -0.4 is 10.6 Å². The predicted octanol–water partition coefficient (Wildman–Crippen LogP) is 4.99. The van der Waals surface area contributed by atoms with Gasteiger partial charge in [-0.2, -0.15) is 0 Å². The molecule has 0 saturated carbocycles. The maximum Gasteiger partial charge on any atom is 0.258 e. The fraction of sp³-hybridized carbons (Fsp3) is 0.350. The van der Waals surface area contributed by atoms with Crippen LogP contribution in [0.1, 0.15) is 48.0 Å². The molecule has 0 spiro atoms. The molecule has 0 unspecified atom stereocenters. The smallest absolute Gasteiger partial charge is 0.258 e. The van der Waals surface area contributed by atoms with Gasteiger partial charge < -0.3 is 10.6 Å². The molecule has 1 aromatic carbocycles. The van der Waals surface area contributed by atoms with E-state index in [4.69, 9.17) is 11.6 Å². The molecule has 1 aliphatic carbocycles. The number of hydrogen-bond acceptors (Lipinski definition) is 4. The molecule has 0 radical (unpaired) electrons. The molecule has 1 heterocycles. The Morgan fingerprint density at radius 1 is 1.23 bits per heavy atom. The number of benzene rings is 1. The van der Waals surface area contributed by atoms with Crippen LogP contribution in [-0.4, -0.2) is 22.4 Å². The summed E-state index contributed by atoms with van der Waals surface area (Å²) in [5.41, 5.74) is 3.44. The zero-order valence-electron chi connectivity index (χ0n) is 14.9. The van der Waals surface area contributed by atoms with Crippen LogP contribution in [0, 0.1) is 6.92 Å². The molecule has 0 saturated heterocycles. The van der Waals surface area contributed by atoms with Crippen LogP contribution >= 0.6 is 11.6 Å². The lowest BCUT2D eigenvalue weighted by atomic mass is 9.97. The highest BCUT2D eigenvalue weighted by molar-refractivity contribution is 6.31. The highest BCUT2D eigenvalue weighted by Crippen LogP contribution is 2.23. The van der Waals surface area contributed by atoms with E-state index in [0.29, 0.717) is 22.2 Å². The van der Waals surface area contributed by atoms with E-state index in [0.717, 1.165) is 18.5 Å². The topological polar surface area (TPSA) is 66.9 Å². The fourth-order valence-electron chi connectivity index (χ4n) is 2.94. The third-order valence-electron chi connectivity index (χ3n) is 4.54. The van der Waals surface area contributed by atoms with Gasteiger partial charge in [-0.3, -0.25) is 4.79 Å². The number of allylic oxidation sites excluding steroid dienone is 1. The van der Waals surface area contributed by atoms with Gasteiger partial charge in [0.1, 0.15) is 0 Å². The summed E-state index contributed by atoms with van der Waals surface area (Å²) in [6.45, 7) is 2.67. The number of halogens is 1. The van der Waals surface area contributed by atoms with E-state index in [1.165, 1.54) is 43.7 Å². The Bertz CT molecular complexity index is 802. The fourth-order valence-corrected chi connectivity index (χ4v) is 3.12. The Morgan fingerprint density at radius 3 is 2.77 bits per heavy atom. The number of hydrogen-bond donors (Lipinski definition) is 2. The molecular weight excluding hydrogens is 348 g/mol. The Hall–Kier alpha value is -2.40. The van der Waals surface area contributed by atoms with Crippen LogP contribution in [0.25, 0.3) is 0 Å². The largest absolute Gasteiger partial charge is 0.354 e. The van der Waals surface area contributed by atoms with Crippen LogP contribution in [-0.2, 0) is 0 Å². The lowest BCUT2D eigenvalue weighted by Gasteiger charge is -2.13. The summed E-state index contributed by atoms with van der Waals surface area (Å²) < 4.78 is 0. The van der Waals surface area contributed by atoms with Gasteiger partial charge in [-0.1, -0.05) is 29.3 Å². The van der Waals surface area contributed by atoms with Gasteiger partial charge in [0.05, 0.1) is 5.56 Å². The summed E-state index contributed by atoms with van der Waals surface area (Å²) >= 11 is 6.08. The van der Waals surface area contributed by atoms with Crippen molar-refractivity contribution in [2.45, 2.75) is 39.0 Å². The quantitative estimate of drug-likeness (QED) is 0.702. The van der Waals surface area contributed by atoms with Gasteiger partial charge in [-0.15, -0.1) is 0 Å². The van der Waals surface area contributed by atoms with Crippen LogP contribution in [0.2, 0.25) is 5.02 Å². The molecule has 2 N–H and O–H groups in total. The van der Waals surface area contributed by atoms with Crippen molar-refractivity contribution in [3.63, 3.8) is 0 Å². The van der Waals surface area contributed by atoms with Crippen molar-refractivity contribution in [1.29, 1.82) is 0 Å². The van der Waals surface area contributed by atoms with Crippen LogP contribution in [0.3, 0.4) is 0 Å². The maximum absolute atomic E-state index is 12.3. The van der Waals surface area contributed by atoms with Gasteiger partial charge in [0.15, 0.2) is 0 Å². The van der Waals surface area contributed by atoms with Crippen molar-refractivity contribution < 1.29 is 4.79 Å². The Kier molecular flexibility index (Phi) is 6.23. The minimum Gasteiger partial charge on any atom is -0.354 e. The first-order chi connectivity index (χ1) is 12.6. The second-order valence-electron chi connectivity index (χ2n) is 6.45. The minimum atomic E-state index is -0.255. The summed E-state index contributed by atoms with van der Waals surface area (Å²) in [6, 6.07) is 5.41. The van der Waals surface area contributed by atoms with Gasteiger partial charge in [0.2, 0.25) is 5.95 Å².